The van der Waals surface area contributed by atoms with Crippen LogP contribution in [0.25, 0.3) is 0 Å². The summed E-state index contributed by atoms with van der Waals surface area (Å²) in [6, 6.07) is 0. The van der Waals surface area contributed by atoms with Crippen molar-refractivity contribution in [3.8, 4) is 0 Å². The molecule has 0 aromatic heterocycles. The van der Waals surface area contributed by atoms with E-state index >= 15 is 0 Å². The quantitative estimate of drug-likeness (QED) is 0.375. The van der Waals surface area contributed by atoms with Crippen molar-refractivity contribution in [2.75, 3.05) is 6.61 Å². The van der Waals surface area contributed by atoms with Gasteiger partial charge < -0.3 is 9.47 Å². The van der Waals surface area contributed by atoms with Crippen molar-refractivity contribution in [2.45, 2.75) is 71.0 Å². The lowest BCUT2D eigenvalue weighted by Gasteiger charge is -2.18. The van der Waals surface area contributed by atoms with Crippen molar-refractivity contribution in [3.05, 3.63) is 34.9 Å². The maximum atomic E-state index is 12.2. The normalized spacial score (nSPS) is 35.6. The van der Waals surface area contributed by atoms with Crippen LogP contribution in [0.15, 0.2) is 34.9 Å². The van der Waals surface area contributed by atoms with E-state index in [1.807, 2.05) is 0 Å². The summed E-state index contributed by atoms with van der Waals surface area (Å²) in [5, 5.41) is 0. The molecular weight excluding hydrogens is 288 g/mol. The van der Waals surface area contributed by atoms with Crippen molar-refractivity contribution in [3.63, 3.8) is 0 Å². The van der Waals surface area contributed by atoms with E-state index in [1.54, 1.807) is 0 Å². The fourth-order valence-corrected chi connectivity index (χ4v) is 3.72. The number of epoxide rings is 1. The molecule has 2 fully saturated rings. The van der Waals surface area contributed by atoms with Crippen LogP contribution in [0.3, 0.4) is 0 Å². The number of hydrogen-bond acceptors (Lipinski definition) is 3. The molecule has 0 N–H and O–H groups in total. The van der Waals surface area contributed by atoms with E-state index < -0.39 is 5.60 Å². The highest BCUT2D eigenvalue weighted by Crippen LogP contribution is 2.48. The highest BCUT2D eigenvalue weighted by atomic mass is 16.7. The molecule has 3 unspecified atom stereocenters. The van der Waals surface area contributed by atoms with Crippen molar-refractivity contribution in [2.24, 2.45) is 5.92 Å². The Morgan fingerprint density at radius 1 is 1.00 bits per heavy atom. The molecule has 126 valence electrons. The largest absolute Gasteiger partial charge is 0.455 e. The van der Waals surface area contributed by atoms with Crippen molar-refractivity contribution in [1.29, 1.82) is 0 Å². The van der Waals surface area contributed by atoms with Gasteiger partial charge in [0, 0.05) is 5.92 Å². The molecule has 0 aromatic carbocycles. The van der Waals surface area contributed by atoms with Gasteiger partial charge in [0.25, 0.3) is 0 Å². The van der Waals surface area contributed by atoms with Crippen molar-refractivity contribution < 1.29 is 14.3 Å². The van der Waals surface area contributed by atoms with Gasteiger partial charge in [-0.15, -0.1) is 0 Å². The first-order chi connectivity index (χ1) is 11.0. The molecule has 3 aliphatic rings. The lowest BCUT2D eigenvalue weighted by Crippen LogP contribution is -2.28. The Labute approximate surface area is 139 Å². The summed E-state index contributed by atoms with van der Waals surface area (Å²) >= 11 is 0. The van der Waals surface area contributed by atoms with Crippen LogP contribution in [0.2, 0.25) is 0 Å². The van der Waals surface area contributed by atoms with E-state index in [0.29, 0.717) is 6.61 Å². The predicted molar refractivity (Wildman–Crippen MR) is 91.0 cm³/mol. The average molecular weight is 316 g/mol. The molecule has 3 atom stereocenters. The number of rotatable bonds is 0. The molecule has 2 saturated heterocycles. The van der Waals surface area contributed by atoms with Crippen LogP contribution in [-0.2, 0) is 14.3 Å². The second-order valence-electron chi connectivity index (χ2n) is 7.38. The van der Waals surface area contributed by atoms with Gasteiger partial charge in [-0.3, -0.25) is 0 Å². The summed E-state index contributed by atoms with van der Waals surface area (Å²) < 4.78 is 11.2. The van der Waals surface area contributed by atoms with E-state index in [1.165, 1.54) is 16.7 Å². The SMILES string of the molecule is CC1=CCCC(C)=CC2OC(=O)C3(CO3)C2CCC(C)=CCC1. The van der Waals surface area contributed by atoms with Gasteiger partial charge in [-0.25, -0.2) is 4.79 Å². The molecule has 23 heavy (non-hydrogen) atoms. The molecule has 1 aliphatic carbocycles. The predicted octanol–water partition coefficient (Wildman–Crippen LogP) is 4.49. The smallest absolute Gasteiger partial charge is 0.341 e. The zero-order chi connectivity index (χ0) is 16.4. The molecule has 0 bridgehead atoms. The zero-order valence-corrected chi connectivity index (χ0v) is 14.6. The van der Waals surface area contributed by atoms with Gasteiger partial charge in [-0.05, 0) is 65.4 Å². The fraction of sp³-hybridized carbons (Fsp3) is 0.650. The Balaban J connectivity index is 1.81. The monoisotopic (exact) mass is 316 g/mol. The molecule has 2 aliphatic heterocycles. The lowest BCUT2D eigenvalue weighted by atomic mass is 9.84. The van der Waals surface area contributed by atoms with Gasteiger partial charge in [-0.1, -0.05) is 28.9 Å². The third-order valence-electron chi connectivity index (χ3n) is 5.40. The standard InChI is InChI=1S/C20H28O3/c1-14-6-4-8-15(2)10-11-17-18(12-16(3)9-5-7-14)23-19(21)20(17)13-22-20/h7-8,12,17-18H,4-6,9-11,13H2,1-3H3. The van der Waals surface area contributed by atoms with E-state index in [4.69, 9.17) is 9.47 Å². The molecule has 0 radical (unpaired) electrons. The Kier molecular flexibility index (Phi) is 4.77. The summed E-state index contributed by atoms with van der Waals surface area (Å²) in [6.07, 6.45) is 13.0. The molecule has 0 aromatic rings. The Hall–Kier alpha value is -1.35. The molecule has 2 heterocycles. The minimum Gasteiger partial charge on any atom is -0.455 e. The summed E-state index contributed by atoms with van der Waals surface area (Å²) in [5.74, 6) is 0.00626. The van der Waals surface area contributed by atoms with Crippen LogP contribution in [-0.4, -0.2) is 24.3 Å². The lowest BCUT2D eigenvalue weighted by molar-refractivity contribution is -0.144. The Morgan fingerprint density at radius 2 is 1.61 bits per heavy atom. The molecule has 0 amide bonds. The van der Waals surface area contributed by atoms with Gasteiger partial charge in [0.2, 0.25) is 0 Å². The summed E-state index contributed by atoms with van der Waals surface area (Å²) in [7, 11) is 0. The van der Waals surface area contributed by atoms with E-state index in [9.17, 15) is 4.79 Å². The maximum Gasteiger partial charge on any atom is 0.341 e. The second-order valence-corrected chi connectivity index (χ2v) is 7.38. The van der Waals surface area contributed by atoms with Crippen LogP contribution in [0.4, 0.5) is 0 Å². The molecule has 3 nitrogen and oxygen atoms in total. The van der Waals surface area contributed by atoms with Gasteiger partial charge in [0.1, 0.15) is 6.10 Å². The van der Waals surface area contributed by atoms with Gasteiger partial charge in [0.05, 0.1) is 6.61 Å². The maximum absolute atomic E-state index is 12.2. The Morgan fingerprint density at radius 3 is 2.26 bits per heavy atom. The highest BCUT2D eigenvalue weighted by molar-refractivity contribution is 5.85. The van der Waals surface area contributed by atoms with Crippen LogP contribution >= 0.6 is 0 Å². The number of ether oxygens (including phenoxy) is 2. The number of carbonyl (C=O) groups excluding carboxylic acids is 1. The van der Waals surface area contributed by atoms with E-state index in [0.717, 1.165) is 38.5 Å². The van der Waals surface area contributed by atoms with E-state index in [2.05, 4.69) is 39.0 Å². The van der Waals surface area contributed by atoms with Crippen LogP contribution in [0.1, 0.15) is 59.3 Å². The van der Waals surface area contributed by atoms with Gasteiger partial charge in [0.15, 0.2) is 5.60 Å². The summed E-state index contributed by atoms with van der Waals surface area (Å²) in [6.45, 7) is 7.09. The van der Waals surface area contributed by atoms with Crippen LogP contribution < -0.4 is 0 Å². The first kappa shape index (κ1) is 16.5. The van der Waals surface area contributed by atoms with Crippen LogP contribution in [0, 0.1) is 5.92 Å². The topological polar surface area (TPSA) is 38.8 Å². The third kappa shape index (κ3) is 3.60. The first-order valence-corrected chi connectivity index (χ1v) is 8.85. The summed E-state index contributed by atoms with van der Waals surface area (Å²) in [4.78, 5) is 12.2. The number of hydrogen-bond donors (Lipinski definition) is 0. The Bertz CT molecular complexity index is 563. The number of carbonyl (C=O) groups is 1. The average Bonchev–Trinajstić information content (AvgIpc) is 3.23. The van der Waals surface area contributed by atoms with Crippen LogP contribution in [0.5, 0.6) is 0 Å². The van der Waals surface area contributed by atoms with Gasteiger partial charge >= 0.3 is 5.97 Å². The number of fused-ring (bicyclic) bond motifs is 2. The fourth-order valence-electron chi connectivity index (χ4n) is 3.72. The second kappa shape index (κ2) is 6.64. The van der Waals surface area contributed by atoms with Crippen molar-refractivity contribution in [1.82, 2.24) is 0 Å². The first-order valence-electron chi connectivity index (χ1n) is 8.85. The van der Waals surface area contributed by atoms with Gasteiger partial charge in [-0.2, -0.15) is 0 Å². The minimum absolute atomic E-state index is 0.120. The number of allylic oxidation sites excluding steroid dienone is 5. The third-order valence-corrected chi connectivity index (χ3v) is 5.40. The molecule has 3 heteroatoms. The van der Waals surface area contributed by atoms with E-state index in [-0.39, 0.29) is 18.0 Å². The highest BCUT2D eigenvalue weighted by Gasteiger charge is 2.66. The van der Waals surface area contributed by atoms with Crippen molar-refractivity contribution >= 4 is 5.97 Å². The molecule has 1 spiro atoms. The number of esters is 1. The molecule has 0 saturated carbocycles. The zero-order valence-electron chi connectivity index (χ0n) is 14.6. The molecule has 3 rings (SSSR count). The summed E-state index contributed by atoms with van der Waals surface area (Å²) in [5.41, 5.74) is 3.55. The molecular formula is C20H28O3. The minimum atomic E-state index is -0.630.